The van der Waals surface area contributed by atoms with E-state index in [1.807, 2.05) is 24.4 Å². The number of benzene rings is 1. The zero-order valence-corrected chi connectivity index (χ0v) is 11.0. The number of thiazole rings is 1. The lowest BCUT2D eigenvalue weighted by atomic mass is 10.0. The SMILES string of the molecule is Cc1csc(CC(O)c2cccc3c2OCC3)n1. The van der Waals surface area contributed by atoms with Crippen LogP contribution in [0.15, 0.2) is 23.6 Å². The van der Waals surface area contributed by atoms with Crippen LogP contribution < -0.4 is 4.74 Å². The normalized spacial score (nSPS) is 15.2. The van der Waals surface area contributed by atoms with Gasteiger partial charge in [0.25, 0.3) is 0 Å². The summed E-state index contributed by atoms with van der Waals surface area (Å²) in [6, 6.07) is 5.99. The molecule has 94 valence electrons. The van der Waals surface area contributed by atoms with Crippen LogP contribution in [0, 0.1) is 6.92 Å². The van der Waals surface area contributed by atoms with Crippen molar-refractivity contribution in [3.63, 3.8) is 0 Å². The minimum absolute atomic E-state index is 0.538. The van der Waals surface area contributed by atoms with Gasteiger partial charge in [-0.1, -0.05) is 18.2 Å². The molecule has 2 heterocycles. The molecule has 0 aliphatic carbocycles. The molecule has 1 aromatic heterocycles. The molecular weight excluding hydrogens is 246 g/mol. The Morgan fingerprint density at radius 2 is 2.39 bits per heavy atom. The molecule has 0 fully saturated rings. The first-order valence-electron chi connectivity index (χ1n) is 6.07. The predicted octanol–water partition coefficient (Wildman–Crippen LogP) is 2.66. The molecule has 4 heteroatoms. The number of ether oxygens (including phenoxy) is 1. The Morgan fingerprint density at radius 1 is 1.50 bits per heavy atom. The highest BCUT2D eigenvalue weighted by molar-refractivity contribution is 7.09. The first kappa shape index (κ1) is 11.7. The highest BCUT2D eigenvalue weighted by atomic mass is 32.1. The number of nitrogens with zero attached hydrogens (tertiary/aromatic N) is 1. The van der Waals surface area contributed by atoms with Crippen LogP contribution in [0.2, 0.25) is 0 Å². The van der Waals surface area contributed by atoms with E-state index in [0.29, 0.717) is 6.42 Å². The molecule has 2 aromatic rings. The van der Waals surface area contributed by atoms with E-state index in [0.717, 1.165) is 35.0 Å². The van der Waals surface area contributed by atoms with Gasteiger partial charge >= 0.3 is 0 Å². The summed E-state index contributed by atoms with van der Waals surface area (Å²) in [4.78, 5) is 4.39. The maximum Gasteiger partial charge on any atom is 0.128 e. The van der Waals surface area contributed by atoms with Crippen molar-refractivity contribution in [2.75, 3.05) is 6.61 Å². The van der Waals surface area contributed by atoms with Crippen LogP contribution in [0.4, 0.5) is 0 Å². The molecule has 1 aliphatic rings. The number of hydrogen-bond donors (Lipinski definition) is 1. The predicted molar refractivity (Wildman–Crippen MR) is 71.2 cm³/mol. The minimum Gasteiger partial charge on any atom is -0.493 e. The van der Waals surface area contributed by atoms with Gasteiger partial charge in [0.2, 0.25) is 0 Å². The topological polar surface area (TPSA) is 42.4 Å². The third-order valence-electron chi connectivity index (χ3n) is 3.14. The number of rotatable bonds is 3. The lowest BCUT2D eigenvalue weighted by Crippen LogP contribution is -2.03. The molecule has 0 bridgehead atoms. The van der Waals surface area contributed by atoms with Crippen molar-refractivity contribution in [3.05, 3.63) is 45.4 Å². The number of hydrogen-bond acceptors (Lipinski definition) is 4. The Kier molecular flexibility index (Phi) is 3.06. The number of para-hydroxylation sites is 1. The highest BCUT2D eigenvalue weighted by Crippen LogP contribution is 2.34. The quantitative estimate of drug-likeness (QED) is 0.923. The maximum atomic E-state index is 10.3. The smallest absolute Gasteiger partial charge is 0.128 e. The lowest BCUT2D eigenvalue weighted by molar-refractivity contribution is 0.173. The maximum absolute atomic E-state index is 10.3. The second-order valence-electron chi connectivity index (χ2n) is 4.54. The van der Waals surface area contributed by atoms with Gasteiger partial charge in [0.1, 0.15) is 5.75 Å². The van der Waals surface area contributed by atoms with Crippen LogP contribution in [0.5, 0.6) is 5.75 Å². The molecule has 0 saturated heterocycles. The van der Waals surface area contributed by atoms with Gasteiger partial charge in [0.15, 0.2) is 0 Å². The molecule has 0 amide bonds. The average molecular weight is 261 g/mol. The summed E-state index contributed by atoms with van der Waals surface area (Å²) in [5, 5.41) is 13.3. The third kappa shape index (κ3) is 2.13. The average Bonchev–Trinajstić information content (AvgIpc) is 2.97. The van der Waals surface area contributed by atoms with Crippen LogP contribution in [-0.4, -0.2) is 16.7 Å². The van der Waals surface area contributed by atoms with E-state index in [-0.39, 0.29) is 0 Å². The highest BCUT2D eigenvalue weighted by Gasteiger charge is 2.21. The van der Waals surface area contributed by atoms with E-state index < -0.39 is 6.10 Å². The van der Waals surface area contributed by atoms with Crippen LogP contribution in [-0.2, 0) is 12.8 Å². The van der Waals surface area contributed by atoms with Crippen LogP contribution >= 0.6 is 11.3 Å². The standard InChI is InChI=1S/C14H15NO2S/c1-9-8-18-13(15-9)7-12(16)11-4-2-3-10-5-6-17-14(10)11/h2-4,8,12,16H,5-7H2,1H3. The molecule has 3 nitrogen and oxygen atoms in total. The van der Waals surface area contributed by atoms with Crippen LogP contribution in [0.25, 0.3) is 0 Å². The Balaban J connectivity index is 1.84. The van der Waals surface area contributed by atoms with Gasteiger partial charge in [-0.25, -0.2) is 4.98 Å². The molecule has 0 saturated carbocycles. The molecule has 0 spiro atoms. The van der Waals surface area contributed by atoms with Crippen LogP contribution in [0.1, 0.15) is 27.9 Å². The van der Waals surface area contributed by atoms with Crippen LogP contribution in [0.3, 0.4) is 0 Å². The van der Waals surface area contributed by atoms with Gasteiger partial charge in [-0.05, 0) is 12.5 Å². The monoisotopic (exact) mass is 261 g/mol. The number of aryl methyl sites for hydroxylation is 1. The molecule has 1 N–H and O–H groups in total. The van der Waals surface area contributed by atoms with Gasteiger partial charge in [0, 0.05) is 29.5 Å². The molecule has 1 aliphatic heterocycles. The zero-order valence-electron chi connectivity index (χ0n) is 10.2. The van der Waals surface area contributed by atoms with Gasteiger partial charge in [-0.3, -0.25) is 0 Å². The molecular formula is C14H15NO2S. The minimum atomic E-state index is -0.538. The summed E-state index contributed by atoms with van der Waals surface area (Å²) in [5.41, 5.74) is 3.09. The Morgan fingerprint density at radius 3 is 3.17 bits per heavy atom. The van der Waals surface area contributed by atoms with Crippen molar-refractivity contribution in [1.29, 1.82) is 0 Å². The second kappa shape index (κ2) is 4.71. The molecule has 1 atom stereocenters. The molecule has 1 aromatic carbocycles. The summed E-state index contributed by atoms with van der Waals surface area (Å²) >= 11 is 1.59. The number of fused-ring (bicyclic) bond motifs is 1. The van der Waals surface area contributed by atoms with Crippen molar-refractivity contribution in [2.24, 2.45) is 0 Å². The van der Waals surface area contributed by atoms with Crippen molar-refractivity contribution < 1.29 is 9.84 Å². The summed E-state index contributed by atoms with van der Waals surface area (Å²) in [6.45, 7) is 2.69. The third-order valence-corrected chi connectivity index (χ3v) is 4.13. The summed E-state index contributed by atoms with van der Waals surface area (Å²) in [5.74, 6) is 0.873. The molecule has 1 unspecified atom stereocenters. The Labute approximate surface area is 110 Å². The van der Waals surface area contributed by atoms with E-state index in [2.05, 4.69) is 11.1 Å². The van der Waals surface area contributed by atoms with Crippen molar-refractivity contribution >= 4 is 11.3 Å². The van der Waals surface area contributed by atoms with E-state index >= 15 is 0 Å². The first-order chi connectivity index (χ1) is 8.74. The lowest BCUT2D eigenvalue weighted by Gasteiger charge is -2.13. The number of aliphatic hydroxyl groups excluding tert-OH is 1. The largest absolute Gasteiger partial charge is 0.493 e. The fourth-order valence-corrected chi connectivity index (χ4v) is 3.08. The van der Waals surface area contributed by atoms with Gasteiger partial charge in [0.05, 0.1) is 17.7 Å². The van der Waals surface area contributed by atoms with E-state index in [9.17, 15) is 5.11 Å². The number of aliphatic hydroxyl groups is 1. The zero-order chi connectivity index (χ0) is 12.5. The second-order valence-corrected chi connectivity index (χ2v) is 5.48. The van der Waals surface area contributed by atoms with Gasteiger partial charge in [-0.15, -0.1) is 11.3 Å². The molecule has 18 heavy (non-hydrogen) atoms. The summed E-state index contributed by atoms with van der Waals surface area (Å²) in [6.07, 6.45) is 0.952. The fraction of sp³-hybridized carbons (Fsp3) is 0.357. The summed E-state index contributed by atoms with van der Waals surface area (Å²) < 4.78 is 5.62. The van der Waals surface area contributed by atoms with E-state index in [1.54, 1.807) is 11.3 Å². The van der Waals surface area contributed by atoms with Gasteiger partial charge in [-0.2, -0.15) is 0 Å². The first-order valence-corrected chi connectivity index (χ1v) is 6.95. The van der Waals surface area contributed by atoms with E-state index in [4.69, 9.17) is 4.74 Å². The van der Waals surface area contributed by atoms with Crippen molar-refractivity contribution in [1.82, 2.24) is 4.98 Å². The van der Waals surface area contributed by atoms with E-state index in [1.165, 1.54) is 5.56 Å². The molecule has 3 rings (SSSR count). The summed E-state index contributed by atoms with van der Waals surface area (Å²) in [7, 11) is 0. The number of aromatic nitrogens is 1. The fourth-order valence-electron chi connectivity index (χ4n) is 2.27. The van der Waals surface area contributed by atoms with Crippen molar-refractivity contribution in [3.8, 4) is 5.75 Å². The molecule has 0 radical (unpaired) electrons. The Hall–Kier alpha value is -1.39. The van der Waals surface area contributed by atoms with Gasteiger partial charge < -0.3 is 9.84 Å². The van der Waals surface area contributed by atoms with Crippen molar-refractivity contribution in [2.45, 2.75) is 25.9 Å². The Bertz CT molecular complexity index is 565.